The molecule has 0 heterocycles. The molecule has 0 spiro atoms. The third kappa shape index (κ3) is 4.38. The van der Waals surface area contributed by atoms with E-state index < -0.39 is 0 Å². The van der Waals surface area contributed by atoms with Crippen molar-refractivity contribution in [1.82, 2.24) is 5.32 Å². The van der Waals surface area contributed by atoms with Crippen molar-refractivity contribution in [3.63, 3.8) is 0 Å². The normalized spacial score (nSPS) is 12.4. The summed E-state index contributed by atoms with van der Waals surface area (Å²) in [5.74, 6) is -0.224. The van der Waals surface area contributed by atoms with Crippen LogP contribution >= 0.6 is 47.8 Å². The third-order valence-corrected chi connectivity index (χ3v) is 5.31. The highest BCUT2D eigenvalue weighted by Gasteiger charge is 2.17. The van der Waals surface area contributed by atoms with Gasteiger partial charge in [0.25, 0.3) is 0 Å². The van der Waals surface area contributed by atoms with Gasteiger partial charge in [-0.1, -0.05) is 57.0 Å². The number of likely N-dealkylation sites (N-methyl/N-ethyl adjacent to an activating group) is 1. The third-order valence-electron chi connectivity index (χ3n) is 3.24. The second kappa shape index (κ2) is 7.86. The van der Waals surface area contributed by atoms with E-state index >= 15 is 0 Å². The molecular formula is C16H15Br3FN. The number of nitrogens with one attached hydrogen (secondary N) is 1. The fourth-order valence-electron chi connectivity index (χ4n) is 2.25. The average molecular weight is 480 g/mol. The van der Waals surface area contributed by atoms with Gasteiger partial charge < -0.3 is 5.32 Å². The first kappa shape index (κ1) is 17.1. The van der Waals surface area contributed by atoms with Crippen molar-refractivity contribution < 1.29 is 4.39 Å². The fourth-order valence-corrected chi connectivity index (χ4v) is 4.00. The number of halogens is 4. The Kier molecular flexibility index (Phi) is 6.41. The smallest absolute Gasteiger partial charge is 0.137 e. The molecule has 1 unspecified atom stereocenters. The average Bonchev–Trinajstić information content (AvgIpc) is 2.43. The van der Waals surface area contributed by atoms with Gasteiger partial charge >= 0.3 is 0 Å². The molecule has 0 amide bonds. The lowest BCUT2D eigenvalue weighted by Gasteiger charge is -2.21. The van der Waals surface area contributed by atoms with Gasteiger partial charge in [0, 0.05) is 15.0 Å². The van der Waals surface area contributed by atoms with Gasteiger partial charge in [-0.2, -0.15) is 0 Å². The van der Waals surface area contributed by atoms with Crippen molar-refractivity contribution in [1.29, 1.82) is 0 Å². The summed E-state index contributed by atoms with van der Waals surface area (Å²) in [5.41, 5.74) is 2.12. The number of benzene rings is 2. The lowest BCUT2D eigenvalue weighted by molar-refractivity contribution is 0.543. The van der Waals surface area contributed by atoms with Crippen molar-refractivity contribution in [2.75, 3.05) is 6.54 Å². The van der Waals surface area contributed by atoms with Crippen molar-refractivity contribution in [2.24, 2.45) is 0 Å². The Bertz CT molecular complexity index is 631. The Balaban J connectivity index is 2.33. The van der Waals surface area contributed by atoms with Gasteiger partial charge in [-0.3, -0.25) is 0 Å². The predicted octanol–water partition coefficient (Wildman–Crippen LogP) is 6.01. The standard InChI is InChI=1S/C16H15Br3FN/c1-2-21-15(12-7-6-11(17)9-13(12)18)8-10-4-3-5-14(20)16(10)19/h3-7,9,15,21H,2,8H2,1H3. The van der Waals surface area contributed by atoms with E-state index in [0.717, 1.165) is 26.6 Å². The van der Waals surface area contributed by atoms with Crippen LogP contribution in [0.2, 0.25) is 0 Å². The Morgan fingerprint density at radius 2 is 1.90 bits per heavy atom. The summed E-state index contributed by atoms with van der Waals surface area (Å²) in [7, 11) is 0. The van der Waals surface area contributed by atoms with E-state index in [1.165, 1.54) is 6.07 Å². The lowest BCUT2D eigenvalue weighted by Crippen LogP contribution is -2.23. The Labute approximate surface area is 149 Å². The number of rotatable bonds is 5. The van der Waals surface area contributed by atoms with Gasteiger partial charge in [-0.15, -0.1) is 0 Å². The van der Waals surface area contributed by atoms with Crippen LogP contribution in [-0.4, -0.2) is 6.54 Å². The molecule has 0 aliphatic rings. The van der Waals surface area contributed by atoms with Crippen LogP contribution in [0, 0.1) is 5.82 Å². The SMILES string of the molecule is CCNC(Cc1cccc(F)c1Br)c1ccc(Br)cc1Br. The quantitative estimate of drug-likeness (QED) is 0.554. The molecule has 1 N–H and O–H groups in total. The maximum absolute atomic E-state index is 13.7. The Morgan fingerprint density at radius 1 is 1.14 bits per heavy atom. The van der Waals surface area contributed by atoms with Crippen molar-refractivity contribution in [2.45, 2.75) is 19.4 Å². The number of hydrogen-bond acceptors (Lipinski definition) is 1. The second-order valence-corrected chi connectivity index (χ2v) is 7.26. The van der Waals surface area contributed by atoms with Crippen LogP contribution in [0.4, 0.5) is 4.39 Å². The highest BCUT2D eigenvalue weighted by atomic mass is 79.9. The zero-order chi connectivity index (χ0) is 15.4. The fraction of sp³-hybridized carbons (Fsp3) is 0.250. The Morgan fingerprint density at radius 3 is 2.57 bits per heavy atom. The van der Waals surface area contributed by atoms with Crippen LogP contribution in [0.5, 0.6) is 0 Å². The molecule has 0 radical (unpaired) electrons. The minimum Gasteiger partial charge on any atom is -0.310 e. The van der Waals surface area contributed by atoms with Crippen molar-refractivity contribution >= 4 is 47.8 Å². The maximum Gasteiger partial charge on any atom is 0.137 e. The first-order chi connectivity index (χ1) is 10.0. The maximum atomic E-state index is 13.7. The minimum absolute atomic E-state index is 0.121. The van der Waals surface area contributed by atoms with Gasteiger partial charge in [-0.05, 0) is 58.2 Å². The van der Waals surface area contributed by atoms with Gasteiger partial charge in [-0.25, -0.2) is 4.39 Å². The molecule has 1 nitrogen and oxygen atoms in total. The molecule has 0 saturated carbocycles. The number of hydrogen-bond donors (Lipinski definition) is 1. The zero-order valence-corrected chi connectivity index (χ0v) is 16.2. The van der Waals surface area contributed by atoms with Crippen molar-refractivity contribution in [3.05, 3.63) is 66.8 Å². The summed E-state index contributed by atoms with van der Waals surface area (Å²) in [4.78, 5) is 0. The zero-order valence-electron chi connectivity index (χ0n) is 11.5. The van der Waals surface area contributed by atoms with Crippen LogP contribution in [0.3, 0.4) is 0 Å². The molecule has 0 saturated heterocycles. The van der Waals surface area contributed by atoms with Gasteiger partial charge in [0.05, 0.1) is 4.47 Å². The summed E-state index contributed by atoms with van der Waals surface area (Å²) >= 11 is 10.4. The van der Waals surface area contributed by atoms with E-state index in [2.05, 4.69) is 66.1 Å². The van der Waals surface area contributed by atoms with Crippen LogP contribution in [0.25, 0.3) is 0 Å². The van der Waals surface area contributed by atoms with Crippen molar-refractivity contribution in [3.8, 4) is 0 Å². The molecule has 0 aromatic heterocycles. The van der Waals surface area contributed by atoms with E-state index in [1.807, 2.05) is 18.2 Å². The molecule has 21 heavy (non-hydrogen) atoms. The second-order valence-electron chi connectivity index (χ2n) is 4.69. The Hall–Kier alpha value is -0.230. The molecular weight excluding hydrogens is 465 g/mol. The summed E-state index contributed by atoms with van der Waals surface area (Å²) in [5, 5.41) is 3.47. The molecule has 0 aliphatic carbocycles. The first-order valence-electron chi connectivity index (χ1n) is 6.64. The first-order valence-corrected chi connectivity index (χ1v) is 9.02. The highest BCUT2D eigenvalue weighted by Crippen LogP contribution is 2.31. The summed E-state index contributed by atoms with van der Waals surface area (Å²) < 4.78 is 16.3. The van der Waals surface area contributed by atoms with E-state index in [1.54, 1.807) is 6.07 Å². The largest absolute Gasteiger partial charge is 0.310 e. The van der Waals surface area contributed by atoms with Crippen LogP contribution < -0.4 is 5.32 Å². The van der Waals surface area contributed by atoms with E-state index in [4.69, 9.17) is 0 Å². The topological polar surface area (TPSA) is 12.0 Å². The van der Waals surface area contributed by atoms with Crippen LogP contribution in [0.1, 0.15) is 24.1 Å². The van der Waals surface area contributed by atoms with Crippen LogP contribution in [0.15, 0.2) is 49.8 Å². The minimum atomic E-state index is -0.224. The van der Waals surface area contributed by atoms with Gasteiger partial charge in [0.15, 0.2) is 0 Å². The molecule has 2 aromatic rings. The van der Waals surface area contributed by atoms with Gasteiger partial charge in [0.2, 0.25) is 0 Å². The van der Waals surface area contributed by atoms with E-state index in [9.17, 15) is 4.39 Å². The molecule has 0 fully saturated rings. The van der Waals surface area contributed by atoms with E-state index in [-0.39, 0.29) is 11.9 Å². The van der Waals surface area contributed by atoms with Gasteiger partial charge in [0.1, 0.15) is 5.82 Å². The molecule has 0 bridgehead atoms. The lowest BCUT2D eigenvalue weighted by atomic mass is 9.98. The predicted molar refractivity (Wildman–Crippen MR) is 96.1 cm³/mol. The summed E-state index contributed by atoms with van der Waals surface area (Å²) in [6, 6.07) is 11.4. The van der Waals surface area contributed by atoms with E-state index in [0.29, 0.717) is 10.9 Å². The summed E-state index contributed by atoms with van der Waals surface area (Å²) in [6.45, 7) is 2.92. The monoisotopic (exact) mass is 477 g/mol. The molecule has 1 atom stereocenters. The molecule has 112 valence electrons. The molecule has 0 aliphatic heterocycles. The molecule has 2 aromatic carbocycles. The molecule has 2 rings (SSSR count). The van der Waals surface area contributed by atoms with Crippen LogP contribution in [-0.2, 0) is 6.42 Å². The summed E-state index contributed by atoms with van der Waals surface area (Å²) in [6.07, 6.45) is 0.715. The molecule has 5 heteroatoms. The highest BCUT2D eigenvalue weighted by molar-refractivity contribution is 9.11.